The van der Waals surface area contributed by atoms with Crippen molar-refractivity contribution in [2.24, 2.45) is 0 Å². The number of rotatable bonds is 10. The average Bonchev–Trinajstić information content (AvgIpc) is 3.84. The zero-order valence-corrected chi connectivity index (χ0v) is 41.5. The van der Waals surface area contributed by atoms with Crippen LogP contribution >= 0.6 is 11.8 Å². The van der Waals surface area contributed by atoms with Gasteiger partial charge in [0.05, 0.1) is 22.6 Å². The number of hydrogen-bond acceptors (Lipinski definition) is 5. The van der Waals surface area contributed by atoms with Gasteiger partial charge >= 0.3 is 0 Å². The van der Waals surface area contributed by atoms with Crippen molar-refractivity contribution >= 4 is 51.4 Å². The summed E-state index contributed by atoms with van der Waals surface area (Å²) in [5.74, 6) is 0.696. The summed E-state index contributed by atoms with van der Waals surface area (Å²) in [7, 11) is 0. The Kier molecular flexibility index (Phi) is 14.5. The molecule has 6 aromatic rings. The third-order valence-electron chi connectivity index (χ3n) is 13.2. The second kappa shape index (κ2) is 21.6. The Morgan fingerprint density at radius 1 is 0.743 bits per heavy atom. The Balaban J connectivity index is 0.00000300. The van der Waals surface area contributed by atoms with Crippen LogP contribution < -0.4 is 9.80 Å². The van der Waals surface area contributed by atoms with E-state index in [1.165, 1.54) is 49.2 Å². The lowest BCUT2D eigenvalue weighted by molar-refractivity contribution is 0.954. The van der Waals surface area contributed by atoms with E-state index in [9.17, 15) is 0 Å². The van der Waals surface area contributed by atoms with Crippen molar-refractivity contribution in [3.05, 3.63) is 239 Å². The molecule has 0 fully saturated rings. The number of nitrogens with zero attached hydrogens (tertiary/aromatic N) is 4. The lowest BCUT2D eigenvalue weighted by Gasteiger charge is -2.36. The molecule has 3 aliphatic carbocycles. The van der Waals surface area contributed by atoms with Gasteiger partial charge in [-0.3, -0.25) is 0 Å². The van der Waals surface area contributed by atoms with E-state index >= 15 is 0 Å². The molecule has 70 heavy (non-hydrogen) atoms. The first-order valence-corrected chi connectivity index (χ1v) is 25.0. The highest BCUT2D eigenvalue weighted by Gasteiger charge is 2.29. The zero-order chi connectivity index (χ0) is 48.6. The minimum Gasteiger partial charge on any atom is -0.315 e. The molecule has 4 nitrogen and oxygen atoms in total. The molecule has 0 saturated carbocycles. The number of terminal acetylenes is 1. The van der Waals surface area contributed by atoms with Gasteiger partial charge in [-0.2, -0.15) is 0 Å². The number of fused-ring (bicyclic) bond motifs is 2. The predicted octanol–water partition coefficient (Wildman–Crippen LogP) is 18.0. The van der Waals surface area contributed by atoms with E-state index in [1.54, 1.807) is 0 Å². The highest BCUT2D eigenvalue weighted by atomic mass is 32.2. The molecule has 1 aliphatic heterocycles. The van der Waals surface area contributed by atoms with Gasteiger partial charge in [0.2, 0.25) is 0 Å². The van der Waals surface area contributed by atoms with Crippen molar-refractivity contribution in [1.82, 2.24) is 9.97 Å². The van der Waals surface area contributed by atoms with E-state index in [1.807, 2.05) is 11.8 Å². The van der Waals surface area contributed by atoms with Gasteiger partial charge in [-0.15, -0.1) is 12.8 Å². The lowest BCUT2D eigenvalue weighted by Crippen LogP contribution is -2.25. The SMILES string of the molecule is C#C.C/C=C(\C)N(c1cccc(-c2nc(-c3ccccc3)c3ccc(C)c(/C=C\CC)c3n2)c1)c1c(/C(C)=C2\C=CC=CC2)cccc1-c1ccc2c(c1)SC1=C(CC=CC=C1)N2C1=CC=CC=CC1. The third-order valence-corrected chi connectivity index (χ3v) is 14.3. The first-order valence-electron chi connectivity index (χ1n) is 24.2. The molecule has 0 bridgehead atoms. The summed E-state index contributed by atoms with van der Waals surface area (Å²) >= 11 is 1.88. The highest BCUT2D eigenvalue weighted by Crippen LogP contribution is 2.51. The first kappa shape index (κ1) is 47.2. The molecule has 344 valence electrons. The second-order valence-electron chi connectivity index (χ2n) is 17.5. The van der Waals surface area contributed by atoms with Crippen molar-refractivity contribution in [2.45, 2.75) is 65.2 Å². The maximum Gasteiger partial charge on any atom is 0.160 e. The highest BCUT2D eigenvalue weighted by molar-refractivity contribution is 8.03. The largest absolute Gasteiger partial charge is 0.315 e. The van der Waals surface area contributed by atoms with E-state index in [2.05, 4.69) is 258 Å². The van der Waals surface area contributed by atoms with E-state index in [0.717, 1.165) is 87.2 Å². The molecule has 0 spiro atoms. The summed E-state index contributed by atoms with van der Waals surface area (Å²) in [6.07, 6.45) is 46.9. The monoisotopic (exact) mass is 926 g/mol. The van der Waals surface area contributed by atoms with Gasteiger partial charge in [0.25, 0.3) is 0 Å². The van der Waals surface area contributed by atoms with Crippen molar-refractivity contribution < 1.29 is 0 Å². The summed E-state index contributed by atoms with van der Waals surface area (Å²) in [6.45, 7) is 11.0. The number of para-hydroxylation sites is 1. The molecule has 4 aliphatic rings. The summed E-state index contributed by atoms with van der Waals surface area (Å²) in [4.78, 5) is 18.3. The fourth-order valence-corrected chi connectivity index (χ4v) is 10.7. The fraction of sp³-hybridized carbons (Fsp3) is 0.138. The predicted molar refractivity (Wildman–Crippen MR) is 303 cm³/mol. The Morgan fingerprint density at radius 3 is 2.31 bits per heavy atom. The van der Waals surface area contributed by atoms with Gasteiger partial charge in [-0.05, 0) is 99.2 Å². The van der Waals surface area contributed by atoms with Crippen LogP contribution in [0.15, 0.2) is 227 Å². The van der Waals surface area contributed by atoms with Gasteiger partial charge in [-0.25, -0.2) is 9.97 Å². The van der Waals surface area contributed by atoms with E-state index < -0.39 is 0 Å². The zero-order valence-electron chi connectivity index (χ0n) is 40.7. The molecule has 0 atom stereocenters. The van der Waals surface area contributed by atoms with Crippen LogP contribution in [0.4, 0.5) is 17.1 Å². The minimum atomic E-state index is 0.696. The van der Waals surface area contributed by atoms with Crippen LogP contribution in [0.5, 0.6) is 0 Å². The van der Waals surface area contributed by atoms with Crippen molar-refractivity contribution in [2.75, 3.05) is 9.80 Å². The first-order chi connectivity index (χ1) is 34.4. The molecule has 10 rings (SSSR count). The molecule has 0 unspecified atom stereocenters. The van der Waals surface area contributed by atoms with Crippen LogP contribution in [0, 0.1) is 19.8 Å². The Hall–Kier alpha value is -7.91. The van der Waals surface area contributed by atoms with Gasteiger partial charge in [0, 0.05) is 78.6 Å². The van der Waals surface area contributed by atoms with Gasteiger partial charge in [-0.1, -0.05) is 183 Å². The topological polar surface area (TPSA) is 32.3 Å². The Morgan fingerprint density at radius 2 is 1.51 bits per heavy atom. The van der Waals surface area contributed by atoms with Crippen molar-refractivity contribution in [1.29, 1.82) is 0 Å². The van der Waals surface area contributed by atoms with Crippen LogP contribution in [0.3, 0.4) is 0 Å². The van der Waals surface area contributed by atoms with E-state index in [-0.39, 0.29) is 0 Å². The summed E-state index contributed by atoms with van der Waals surface area (Å²) < 4.78 is 0. The van der Waals surface area contributed by atoms with Gasteiger partial charge in [0.15, 0.2) is 5.82 Å². The molecular formula is C65H58N4S. The molecule has 0 radical (unpaired) electrons. The van der Waals surface area contributed by atoms with Crippen molar-refractivity contribution in [3.63, 3.8) is 0 Å². The fourth-order valence-electron chi connectivity index (χ4n) is 9.58. The molecule has 5 heteroatoms. The maximum atomic E-state index is 5.43. The number of benzene rings is 5. The Labute approximate surface area is 419 Å². The molecule has 0 saturated heterocycles. The quantitative estimate of drug-likeness (QED) is 0.128. The summed E-state index contributed by atoms with van der Waals surface area (Å²) in [5, 5.41) is 1.04. The number of allylic oxidation sites excluding steroid dienone is 18. The molecular weight excluding hydrogens is 869 g/mol. The number of aromatic nitrogens is 2. The van der Waals surface area contributed by atoms with Crippen LogP contribution in [-0.2, 0) is 0 Å². The molecule has 0 amide bonds. The summed E-state index contributed by atoms with van der Waals surface area (Å²) in [6, 6.07) is 37.6. The van der Waals surface area contributed by atoms with Crippen molar-refractivity contribution in [3.8, 4) is 46.6 Å². The van der Waals surface area contributed by atoms with Gasteiger partial charge < -0.3 is 9.80 Å². The lowest BCUT2D eigenvalue weighted by atomic mass is 9.90. The second-order valence-corrected chi connectivity index (χ2v) is 18.6. The third kappa shape index (κ3) is 9.44. The Bertz CT molecular complexity index is 3360. The van der Waals surface area contributed by atoms with Crippen LogP contribution in [0.2, 0.25) is 0 Å². The molecule has 1 aromatic heterocycles. The smallest absolute Gasteiger partial charge is 0.160 e. The van der Waals surface area contributed by atoms with Gasteiger partial charge in [0.1, 0.15) is 0 Å². The number of thioether (sulfide) groups is 1. The molecule has 0 N–H and O–H groups in total. The molecule has 2 heterocycles. The standard InChI is InChI=1S/C63H56N4S.C2H2/c1-6-8-32-52-43(3)37-39-55-60(47-26-16-12-17-27-47)64-63(65-61(52)55)49-28-22-31-51(41-49)66(44(4)7-2)62-53(45(5)46-24-14-11-15-25-46)33-23-34-54(62)48-38-40-57-59(42-48)68-58-36-21-13-20-35-56(58)67(57)50-29-18-9-10-19-30-50;1-2/h7-24,26-29,31-34,36-42H,6,25,30,35H2,1-5H3;1-2H/b32-8-,44-7+,46-45+;. The minimum absolute atomic E-state index is 0.696. The normalized spacial score (nSPS) is 15.8. The molecule has 5 aromatic carbocycles. The van der Waals surface area contributed by atoms with E-state index in [4.69, 9.17) is 9.97 Å². The summed E-state index contributed by atoms with van der Waals surface area (Å²) in [5.41, 5.74) is 19.4. The number of aryl methyl sites for hydroxylation is 1. The number of anilines is 3. The van der Waals surface area contributed by atoms with Crippen LogP contribution in [0.25, 0.3) is 56.3 Å². The number of hydrogen-bond donors (Lipinski definition) is 0. The van der Waals surface area contributed by atoms with E-state index in [0.29, 0.717) is 5.82 Å². The maximum absolute atomic E-state index is 5.43. The van der Waals surface area contributed by atoms with Crippen LogP contribution in [-0.4, -0.2) is 9.97 Å². The average molecular weight is 927 g/mol. The van der Waals surface area contributed by atoms with Crippen LogP contribution in [0.1, 0.15) is 70.1 Å².